The quantitative estimate of drug-likeness (QED) is 0.142. The van der Waals surface area contributed by atoms with Gasteiger partial charge >= 0.3 is 6.18 Å². The molecule has 1 aromatic heterocycles. The predicted octanol–water partition coefficient (Wildman–Crippen LogP) is 5.95. The summed E-state index contributed by atoms with van der Waals surface area (Å²) in [6.45, 7) is 6.12. The molecule has 0 spiro atoms. The van der Waals surface area contributed by atoms with Crippen LogP contribution in [-0.2, 0) is 11.0 Å². The van der Waals surface area contributed by atoms with Crippen LogP contribution in [0.3, 0.4) is 0 Å². The first-order valence-corrected chi connectivity index (χ1v) is 17.1. The number of carbonyl (C=O) groups is 3. The third-order valence-corrected chi connectivity index (χ3v) is 8.60. The molecule has 5 rings (SSSR count). The zero-order chi connectivity index (χ0) is 39.0. The van der Waals surface area contributed by atoms with E-state index in [1.165, 1.54) is 29.4 Å². The number of piperazine rings is 1. The van der Waals surface area contributed by atoms with E-state index >= 15 is 0 Å². The summed E-state index contributed by atoms with van der Waals surface area (Å²) in [5.41, 5.74) is 2.37. The average Bonchev–Trinajstić information content (AvgIpc) is 3.12. The molecule has 0 radical (unpaired) electrons. The second-order valence-corrected chi connectivity index (χ2v) is 13.2. The van der Waals surface area contributed by atoms with Crippen LogP contribution in [0.2, 0.25) is 0 Å². The Kier molecular flexibility index (Phi) is 12.5. The first kappa shape index (κ1) is 39.2. The van der Waals surface area contributed by atoms with Crippen LogP contribution in [0.4, 0.5) is 36.2 Å². The first-order chi connectivity index (χ1) is 25.7. The van der Waals surface area contributed by atoms with Crippen molar-refractivity contribution in [2.24, 2.45) is 0 Å². The molecule has 1 aliphatic rings. The number of rotatable bonds is 9. The summed E-state index contributed by atoms with van der Waals surface area (Å²) < 4.78 is 42.3. The fourth-order valence-corrected chi connectivity index (χ4v) is 5.52. The van der Waals surface area contributed by atoms with Crippen LogP contribution >= 0.6 is 0 Å². The molecular weight excluding hydrogens is 697 g/mol. The van der Waals surface area contributed by atoms with Crippen molar-refractivity contribution in [3.8, 4) is 11.8 Å². The summed E-state index contributed by atoms with van der Waals surface area (Å²) >= 11 is 0. The highest BCUT2D eigenvalue weighted by Gasteiger charge is 2.37. The van der Waals surface area contributed by atoms with Crippen molar-refractivity contribution in [1.29, 1.82) is 0 Å². The smallest absolute Gasteiger partial charge is 0.336 e. The SMILES string of the molecule is Cc1ccc(C(=O)Nc2ccc(C(=O)N3CCN(C)CC3)c(C(F)(F)F)c2)cc1C#Cc1cnc(Nc2c(C)cccc2NC(=O)C=CCN(C)C)nc1. The average molecular weight is 739 g/mol. The van der Waals surface area contributed by atoms with Gasteiger partial charge in [0, 0.05) is 68.0 Å². The van der Waals surface area contributed by atoms with E-state index in [4.69, 9.17) is 0 Å². The van der Waals surface area contributed by atoms with Crippen molar-refractivity contribution in [3.05, 3.63) is 118 Å². The van der Waals surface area contributed by atoms with Crippen molar-refractivity contribution in [2.45, 2.75) is 20.0 Å². The molecule has 0 saturated carbocycles. The molecule has 14 heteroatoms. The van der Waals surface area contributed by atoms with E-state index in [0.29, 0.717) is 55.2 Å². The molecule has 11 nitrogen and oxygen atoms in total. The summed E-state index contributed by atoms with van der Waals surface area (Å²) in [7, 11) is 5.71. The van der Waals surface area contributed by atoms with Gasteiger partial charge in [-0.3, -0.25) is 14.4 Å². The van der Waals surface area contributed by atoms with E-state index in [1.54, 1.807) is 30.3 Å². The molecule has 0 atom stereocenters. The summed E-state index contributed by atoms with van der Waals surface area (Å²) in [5, 5.41) is 8.57. The molecule has 3 aromatic carbocycles. The minimum atomic E-state index is -4.81. The van der Waals surface area contributed by atoms with Gasteiger partial charge in [-0.15, -0.1) is 0 Å². The molecule has 1 aliphatic heterocycles. The van der Waals surface area contributed by atoms with Crippen LogP contribution in [-0.4, -0.2) is 96.3 Å². The molecule has 3 N–H and O–H groups in total. The number of amides is 3. The van der Waals surface area contributed by atoms with Crippen molar-refractivity contribution in [1.82, 2.24) is 24.7 Å². The number of aromatic nitrogens is 2. The number of nitrogens with one attached hydrogen (secondary N) is 3. The Morgan fingerprint density at radius 1 is 0.907 bits per heavy atom. The van der Waals surface area contributed by atoms with Gasteiger partial charge in [-0.2, -0.15) is 13.2 Å². The highest BCUT2D eigenvalue weighted by atomic mass is 19.4. The van der Waals surface area contributed by atoms with Crippen LogP contribution < -0.4 is 16.0 Å². The Balaban J connectivity index is 1.27. The molecule has 280 valence electrons. The lowest BCUT2D eigenvalue weighted by Crippen LogP contribution is -2.47. The van der Waals surface area contributed by atoms with Gasteiger partial charge in [-0.05, 0) is 82.5 Å². The van der Waals surface area contributed by atoms with E-state index in [0.717, 1.165) is 23.3 Å². The normalized spacial score (nSPS) is 13.4. The number of carbonyl (C=O) groups excluding carboxylic acids is 3. The zero-order valence-corrected chi connectivity index (χ0v) is 30.6. The van der Waals surface area contributed by atoms with E-state index in [9.17, 15) is 27.6 Å². The summed E-state index contributed by atoms with van der Waals surface area (Å²) in [5.74, 6) is 4.69. The number of hydrogen-bond acceptors (Lipinski definition) is 8. The number of anilines is 4. The maximum Gasteiger partial charge on any atom is 0.417 e. The lowest BCUT2D eigenvalue weighted by atomic mass is 10.0. The number of benzene rings is 3. The third-order valence-electron chi connectivity index (χ3n) is 8.60. The topological polar surface area (TPSA) is 123 Å². The molecule has 54 heavy (non-hydrogen) atoms. The number of para-hydroxylation sites is 1. The molecule has 0 aliphatic carbocycles. The number of likely N-dealkylation sites (N-methyl/N-ethyl adjacent to an activating group) is 2. The Labute approximate surface area is 312 Å². The maximum absolute atomic E-state index is 14.1. The Bertz CT molecular complexity index is 2110. The Hall–Kier alpha value is -6.04. The Morgan fingerprint density at radius 2 is 1.63 bits per heavy atom. The summed E-state index contributed by atoms with van der Waals surface area (Å²) in [4.78, 5) is 52.8. The standard InChI is InChI=1S/C40H41F3N8O3/c1-26-11-13-30(37(53)46-31-15-16-32(33(23-31)40(41,42)43)38(54)51-20-18-50(5)19-21-51)22-29(26)14-12-28-24-44-39(45-25-28)48-36-27(2)8-6-9-34(36)47-35(52)10-7-17-49(3)4/h6-11,13,15-16,22-25H,17-21H2,1-5H3,(H,46,53)(H,47,52)(H,44,45,48). The lowest BCUT2D eigenvalue weighted by Gasteiger charge is -2.33. The number of halogens is 3. The number of nitrogens with zero attached hydrogens (tertiary/aromatic N) is 5. The van der Waals surface area contributed by atoms with Gasteiger partial charge in [0.2, 0.25) is 11.9 Å². The molecule has 1 fully saturated rings. The predicted molar refractivity (Wildman–Crippen MR) is 203 cm³/mol. The van der Waals surface area contributed by atoms with E-state index in [1.807, 2.05) is 56.9 Å². The van der Waals surface area contributed by atoms with Gasteiger partial charge < -0.3 is 30.7 Å². The second kappa shape index (κ2) is 17.2. The molecule has 4 aromatic rings. The van der Waals surface area contributed by atoms with E-state index in [2.05, 4.69) is 37.8 Å². The third kappa shape index (κ3) is 10.3. The molecule has 3 amide bonds. The van der Waals surface area contributed by atoms with Crippen LogP contribution in [0.5, 0.6) is 0 Å². The van der Waals surface area contributed by atoms with Crippen LogP contribution in [0.15, 0.2) is 79.1 Å². The van der Waals surface area contributed by atoms with Gasteiger partial charge in [0.1, 0.15) is 0 Å². The monoisotopic (exact) mass is 738 g/mol. The van der Waals surface area contributed by atoms with Crippen molar-refractivity contribution in [2.75, 3.05) is 69.8 Å². The lowest BCUT2D eigenvalue weighted by molar-refractivity contribution is -0.138. The molecular formula is C40H41F3N8O3. The number of alkyl halides is 3. The van der Waals surface area contributed by atoms with Gasteiger partial charge in [-0.1, -0.05) is 36.1 Å². The largest absolute Gasteiger partial charge is 0.417 e. The minimum Gasteiger partial charge on any atom is -0.336 e. The molecule has 0 bridgehead atoms. The van der Waals surface area contributed by atoms with Crippen LogP contribution in [0.1, 0.15) is 48.5 Å². The van der Waals surface area contributed by atoms with Crippen LogP contribution in [0.25, 0.3) is 0 Å². The minimum absolute atomic E-state index is 0.0987. The number of hydrogen-bond donors (Lipinski definition) is 3. The molecule has 2 heterocycles. The summed E-state index contributed by atoms with van der Waals surface area (Å²) in [6.07, 6.45) is 1.50. The molecule has 1 saturated heterocycles. The fraction of sp³-hybridized carbons (Fsp3) is 0.275. The molecule has 0 unspecified atom stereocenters. The Morgan fingerprint density at radius 3 is 2.31 bits per heavy atom. The van der Waals surface area contributed by atoms with Gasteiger partial charge in [0.25, 0.3) is 11.8 Å². The first-order valence-electron chi connectivity index (χ1n) is 17.1. The van der Waals surface area contributed by atoms with Gasteiger partial charge in [-0.25, -0.2) is 9.97 Å². The fourth-order valence-electron chi connectivity index (χ4n) is 5.52. The van der Waals surface area contributed by atoms with Gasteiger partial charge in [0.15, 0.2) is 0 Å². The van der Waals surface area contributed by atoms with Crippen LogP contribution in [0, 0.1) is 25.7 Å². The maximum atomic E-state index is 14.1. The highest BCUT2D eigenvalue weighted by molar-refractivity contribution is 6.05. The van der Waals surface area contributed by atoms with E-state index in [-0.39, 0.29) is 23.1 Å². The van der Waals surface area contributed by atoms with Gasteiger partial charge in [0.05, 0.1) is 28.1 Å². The zero-order valence-electron chi connectivity index (χ0n) is 30.6. The second-order valence-electron chi connectivity index (χ2n) is 13.2. The number of aryl methyl sites for hydroxylation is 2. The van der Waals surface area contributed by atoms with E-state index < -0.39 is 29.1 Å². The van der Waals surface area contributed by atoms with Crippen molar-refractivity contribution in [3.63, 3.8) is 0 Å². The van der Waals surface area contributed by atoms with Crippen molar-refractivity contribution < 1.29 is 27.6 Å². The summed E-state index contributed by atoms with van der Waals surface area (Å²) in [6, 6.07) is 13.5. The van der Waals surface area contributed by atoms with Crippen molar-refractivity contribution >= 4 is 40.7 Å². The highest BCUT2D eigenvalue weighted by Crippen LogP contribution is 2.35.